The highest BCUT2D eigenvalue weighted by molar-refractivity contribution is 8.00. The molecule has 46 heavy (non-hydrogen) atoms. The molecule has 3 fully saturated rings. The van der Waals surface area contributed by atoms with Crippen molar-refractivity contribution < 1.29 is 42.7 Å². The van der Waals surface area contributed by atoms with Gasteiger partial charge in [0.2, 0.25) is 0 Å². The molecule has 3 aliphatic rings. The molecule has 0 bridgehead atoms. The second kappa shape index (κ2) is 13.5. The molecule has 1 aromatic carbocycles. The van der Waals surface area contributed by atoms with E-state index in [0.717, 1.165) is 56.6 Å². The Morgan fingerprint density at radius 2 is 1.80 bits per heavy atom. The number of aryl methyl sites for hydroxylation is 1. The van der Waals surface area contributed by atoms with Crippen LogP contribution in [0.15, 0.2) is 36.7 Å². The molecule has 250 valence electrons. The molecule has 3 aromatic rings. The van der Waals surface area contributed by atoms with Gasteiger partial charge in [0.25, 0.3) is 0 Å². The molecule has 10 nitrogen and oxygen atoms in total. The van der Waals surface area contributed by atoms with E-state index in [4.69, 9.17) is 19.2 Å². The van der Waals surface area contributed by atoms with E-state index in [9.17, 15) is 28.5 Å². The normalized spacial score (nSPS) is 28.3. The van der Waals surface area contributed by atoms with Gasteiger partial charge in [0.1, 0.15) is 35.5 Å². The van der Waals surface area contributed by atoms with Crippen LogP contribution in [0.25, 0.3) is 11.3 Å². The van der Waals surface area contributed by atoms with Gasteiger partial charge >= 0.3 is 0 Å². The van der Waals surface area contributed by atoms with Gasteiger partial charge < -0.3 is 29.5 Å². The molecule has 2 aromatic heterocycles. The molecule has 2 saturated heterocycles. The minimum atomic E-state index is -1.60. The van der Waals surface area contributed by atoms with Crippen LogP contribution in [0.3, 0.4) is 0 Å². The van der Waals surface area contributed by atoms with Crippen LogP contribution in [0.2, 0.25) is 0 Å². The molecule has 6 atom stereocenters. The molecule has 14 heteroatoms. The zero-order valence-corrected chi connectivity index (χ0v) is 26.5. The lowest BCUT2D eigenvalue weighted by Gasteiger charge is -2.50. The number of ether oxygens (including phenoxy) is 3. The summed E-state index contributed by atoms with van der Waals surface area (Å²) in [6.45, 7) is 2.87. The van der Waals surface area contributed by atoms with Crippen LogP contribution >= 0.6 is 11.8 Å². The average molecular weight is 665 g/mol. The van der Waals surface area contributed by atoms with E-state index in [2.05, 4.69) is 10.3 Å². The number of halogens is 3. The summed E-state index contributed by atoms with van der Waals surface area (Å²) in [4.78, 5) is 4.70. The van der Waals surface area contributed by atoms with Crippen molar-refractivity contribution in [1.29, 1.82) is 0 Å². The number of aliphatic hydroxyl groups is 3. The van der Waals surface area contributed by atoms with E-state index in [1.165, 1.54) is 29.8 Å². The fourth-order valence-corrected chi connectivity index (χ4v) is 8.88. The average Bonchev–Trinajstić information content (AvgIpc) is 3.55. The first-order chi connectivity index (χ1) is 22.1. The smallest absolute Gasteiger partial charge is 0.194 e. The van der Waals surface area contributed by atoms with Gasteiger partial charge in [-0.3, -0.25) is 4.98 Å². The number of methoxy groups -OCH3 is 1. The topological polar surface area (TPSA) is 132 Å². The van der Waals surface area contributed by atoms with E-state index in [0.29, 0.717) is 18.5 Å². The first-order valence-electron chi connectivity index (χ1n) is 15.5. The molecule has 4 heterocycles. The summed E-state index contributed by atoms with van der Waals surface area (Å²) in [6, 6.07) is 4.45. The predicted octanol–water partition coefficient (Wildman–Crippen LogP) is 4.28. The minimum absolute atomic E-state index is 0.0386. The van der Waals surface area contributed by atoms with Gasteiger partial charge in [-0.15, -0.1) is 16.9 Å². The molecule has 2 aliphatic heterocycles. The Kier molecular flexibility index (Phi) is 9.77. The predicted molar refractivity (Wildman–Crippen MR) is 162 cm³/mol. The largest absolute Gasteiger partial charge is 0.394 e. The third-order valence-electron chi connectivity index (χ3n) is 9.98. The first kappa shape index (κ1) is 33.3. The highest BCUT2D eigenvalue weighted by Crippen LogP contribution is 2.55. The Labute approximate surface area is 269 Å². The third kappa shape index (κ3) is 6.32. The van der Waals surface area contributed by atoms with Crippen LogP contribution in [0.1, 0.15) is 61.1 Å². The standard InChI is InChI=1S/C32H39F3N4O6S/c1-18-4-3-11-36-25(18)29(32(42)7-5-31(6-8-32)9-12-44-13-10-31)46-30-28(43-2)26(27(41)23(17-40)45-30)39-16-22(37-38-39)19-14-20(33)24(35)21(34)15-19/h3-4,11,14-16,23,26-30,40-42H,5-10,12-13,17H2,1-2H3/t23-,26+,27+,28-,29?,30+/m1/s1. The van der Waals surface area contributed by atoms with Crippen LogP contribution in [0.4, 0.5) is 13.2 Å². The highest BCUT2D eigenvalue weighted by atomic mass is 32.2. The van der Waals surface area contributed by atoms with Crippen LogP contribution in [0.5, 0.6) is 0 Å². The molecule has 1 unspecified atom stereocenters. The Balaban J connectivity index is 1.32. The quantitative estimate of drug-likeness (QED) is 0.300. The van der Waals surface area contributed by atoms with Crippen molar-refractivity contribution in [3.63, 3.8) is 0 Å². The number of thioether (sulfide) groups is 1. The summed E-state index contributed by atoms with van der Waals surface area (Å²) in [5.74, 6) is -4.34. The second-order valence-electron chi connectivity index (χ2n) is 12.7. The number of hydrogen-bond acceptors (Lipinski definition) is 10. The summed E-state index contributed by atoms with van der Waals surface area (Å²) in [7, 11) is 1.45. The van der Waals surface area contributed by atoms with Gasteiger partial charge in [-0.25, -0.2) is 17.9 Å². The van der Waals surface area contributed by atoms with Crippen molar-refractivity contribution in [2.75, 3.05) is 26.9 Å². The van der Waals surface area contributed by atoms with E-state index in [-0.39, 0.29) is 16.7 Å². The van der Waals surface area contributed by atoms with Crippen LogP contribution in [-0.2, 0) is 14.2 Å². The molecule has 0 amide bonds. The van der Waals surface area contributed by atoms with Crippen molar-refractivity contribution >= 4 is 11.8 Å². The van der Waals surface area contributed by atoms with Gasteiger partial charge in [-0.05, 0) is 74.6 Å². The molecule has 0 radical (unpaired) electrons. The van der Waals surface area contributed by atoms with Gasteiger partial charge in [0.15, 0.2) is 17.5 Å². The maximum atomic E-state index is 14.0. The number of benzene rings is 1. The first-order valence-corrected chi connectivity index (χ1v) is 16.4. The van der Waals surface area contributed by atoms with Gasteiger partial charge in [-0.1, -0.05) is 11.3 Å². The van der Waals surface area contributed by atoms with Gasteiger partial charge in [0, 0.05) is 32.1 Å². The van der Waals surface area contributed by atoms with E-state index >= 15 is 0 Å². The number of nitrogens with zero attached hydrogens (tertiary/aromatic N) is 4. The van der Waals surface area contributed by atoms with Crippen molar-refractivity contribution in [2.24, 2.45) is 5.41 Å². The molecule has 1 aliphatic carbocycles. The van der Waals surface area contributed by atoms with E-state index in [1.54, 1.807) is 6.20 Å². The van der Waals surface area contributed by atoms with Crippen LogP contribution in [-0.4, -0.2) is 91.6 Å². The van der Waals surface area contributed by atoms with Crippen molar-refractivity contribution in [3.8, 4) is 11.3 Å². The SMILES string of the molecule is CO[C@@H]1[C@@H](n2cc(-c3cc(F)c(F)c(F)c3)nn2)[C@@H](O)[C@@H](CO)O[C@H]1SC(c1ncccc1C)C1(O)CCC2(CCOCC2)CC1. The monoisotopic (exact) mass is 664 g/mol. The minimum Gasteiger partial charge on any atom is -0.394 e. The lowest BCUT2D eigenvalue weighted by atomic mass is 9.64. The zero-order chi connectivity index (χ0) is 32.6. The van der Waals surface area contributed by atoms with Crippen molar-refractivity contribution in [1.82, 2.24) is 20.0 Å². The molecule has 1 spiro atoms. The Bertz CT molecular complexity index is 1490. The summed E-state index contributed by atoms with van der Waals surface area (Å²) in [6.07, 6.45) is 4.56. The van der Waals surface area contributed by atoms with E-state index < -0.39 is 64.7 Å². The Morgan fingerprint density at radius 1 is 1.11 bits per heavy atom. The molecule has 3 N–H and O–H groups in total. The summed E-state index contributed by atoms with van der Waals surface area (Å²) in [5.41, 5.74) is -0.201. The Morgan fingerprint density at radius 3 is 2.43 bits per heavy atom. The number of pyridine rings is 1. The molecular weight excluding hydrogens is 625 g/mol. The number of hydrogen-bond donors (Lipinski definition) is 3. The highest BCUT2D eigenvalue weighted by Gasteiger charge is 2.53. The zero-order valence-electron chi connectivity index (χ0n) is 25.7. The lowest BCUT2D eigenvalue weighted by Crippen LogP contribution is -2.56. The summed E-state index contributed by atoms with van der Waals surface area (Å²) in [5, 5.41) is 41.5. The number of aromatic nitrogens is 4. The maximum absolute atomic E-state index is 14.0. The van der Waals surface area contributed by atoms with Gasteiger partial charge in [-0.2, -0.15) is 0 Å². The fraction of sp³-hybridized carbons (Fsp3) is 0.594. The fourth-order valence-electron chi connectivity index (χ4n) is 7.11. The third-order valence-corrected chi connectivity index (χ3v) is 11.6. The molecule has 1 saturated carbocycles. The number of aliphatic hydroxyl groups excluding tert-OH is 2. The lowest BCUT2D eigenvalue weighted by molar-refractivity contribution is -0.186. The summed E-state index contributed by atoms with van der Waals surface area (Å²) < 4.78 is 60.7. The number of rotatable bonds is 8. The molecular formula is C32H39F3N4O6S. The van der Waals surface area contributed by atoms with Crippen LogP contribution in [0, 0.1) is 29.8 Å². The maximum Gasteiger partial charge on any atom is 0.194 e. The summed E-state index contributed by atoms with van der Waals surface area (Å²) >= 11 is 1.33. The van der Waals surface area contributed by atoms with Crippen molar-refractivity contribution in [2.45, 2.75) is 86.1 Å². The van der Waals surface area contributed by atoms with Crippen LogP contribution < -0.4 is 0 Å². The van der Waals surface area contributed by atoms with Crippen molar-refractivity contribution in [3.05, 3.63) is 65.4 Å². The van der Waals surface area contributed by atoms with Gasteiger partial charge in [0.05, 0.1) is 29.3 Å². The van der Waals surface area contributed by atoms with E-state index in [1.807, 2.05) is 19.1 Å². The Hall–Kier alpha value is -2.59. The molecule has 6 rings (SSSR count). The second-order valence-corrected chi connectivity index (χ2v) is 13.9.